The number of aliphatic hydroxyl groups excluding tert-OH is 1. The maximum Gasteiger partial charge on any atom is 0.0446 e. The van der Waals surface area contributed by atoms with E-state index in [1.165, 1.54) is 0 Å². The molecule has 16 heavy (non-hydrogen) atoms. The van der Waals surface area contributed by atoms with Gasteiger partial charge in [0.25, 0.3) is 0 Å². The van der Waals surface area contributed by atoms with Crippen LogP contribution in [0.2, 0.25) is 0 Å². The molecule has 1 atom stereocenters. The van der Waals surface area contributed by atoms with Gasteiger partial charge < -0.3 is 15.3 Å². The van der Waals surface area contributed by atoms with Gasteiger partial charge in [-0.25, -0.2) is 0 Å². The summed E-state index contributed by atoms with van der Waals surface area (Å²) in [6.07, 6.45) is 2.01. The van der Waals surface area contributed by atoms with Crippen molar-refractivity contribution in [1.29, 1.82) is 0 Å². The van der Waals surface area contributed by atoms with Gasteiger partial charge in [-0.1, -0.05) is 27.7 Å². The highest BCUT2D eigenvalue weighted by Gasteiger charge is 2.12. The quantitative estimate of drug-likeness (QED) is 0.600. The zero-order chi connectivity index (χ0) is 12.4. The molecule has 0 aromatic carbocycles. The van der Waals surface area contributed by atoms with Crippen molar-refractivity contribution in [1.82, 2.24) is 10.2 Å². The number of hydrogen-bond donors (Lipinski definition) is 2. The fourth-order valence-electron chi connectivity index (χ4n) is 1.92. The third kappa shape index (κ3) is 8.08. The van der Waals surface area contributed by atoms with Crippen LogP contribution in [0.5, 0.6) is 0 Å². The summed E-state index contributed by atoms with van der Waals surface area (Å²) in [5.41, 5.74) is 0. The molecule has 0 aliphatic heterocycles. The van der Waals surface area contributed by atoms with Crippen LogP contribution in [-0.2, 0) is 0 Å². The number of nitrogens with zero attached hydrogens (tertiary/aromatic N) is 1. The molecule has 0 bridgehead atoms. The van der Waals surface area contributed by atoms with Crippen LogP contribution in [-0.4, -0.2) is 48.8 Å². The summed E-state index contributed by atoms with van der Waals surface area (Å²) in [5.74, 6) is 0.709. The van der Waals surface area contributed by atoms with Crippen molar-refractivity contribution in [3.8, 4) is 0 Å². The van der Waals surface area contributed by atoms with Gasteiger partial charge in [0, 0.05) is 25.7 Å². The Morgan fingerprint density at radius 3 is 2.31 bits per heavy atom. The standard InChI is InChI=1S/C13H30N2O/c1-5-8-14-13(7-9-16)11-15(6-2)10-12(3)4/h12-14,16H,5-11H2,1-4H3. The zero-order valence-corrected chi connectivity index (χ0v) is 11.5. The number of hydrogen-bond acceptors (Lipinski definition) is 3. The number of likely N-dealkylation sites (N-methyl/N-ethyl adjacent to an activating group) is 1. The molecular formula is C13H30N2O. The van der Waals surface area contributed by atoms with Crippen molar-refractivity contribution in [2.75, 3.05) is 32.8 Å². The van der Waals surface area contributed by atoms with Crippen LogP contribution in [0.4, 0.5) is 0 Å². The number of nitrogens with one attached hydrogen (secondary N) is 1. The topological polar surface area (TPSA) is 35.5 Å². The highest BCUT2D eigenvalue weighted by molar-refractivity contribution is 4.72. The van der Waals surface area contributed by atoms with Gasteiger partial charge in [-0.3, -0.25) is 0 Å². The third-order valence-corrected chi connectivity index (χ3v) is 2.71. The van der Waals surface area contributed by atoms with Crippen LogP contribution in [0.3, 0.4) is 0 Å². The van der Waals surface area contributed by atoms with E-state index in [2.05, 4.69) is 37.9 Å². The molecule has 0 fully saturated rings. The van der Waals surface area contributed by atoms with Gasteiger partial charge in [0.05, 0.1) is 0 Å². The molecule has 98 valence electrons. The molecule has 0 saturated heterocycles. The molecule has 0 heterocycles. The van der Waals surface area contributed by atoms with Gasteiger partial charge in [0.15, 0.2) is 0 Å². The Balaban J connectivity index is 4.00. The molecule has 1 unspecified atom stereocenters. The minimum absolute atomic E-state index is 0.278. The molecule has 0 aliphatic carbocycles. The maximum absolute atomic E-state index is 9.04. The Morgan fingerprint density at radius 2 is 1.88 bits per heavy atom. The molecule has 0 amide bonds. The summed E-state index contributed by atoms with van der Waals surface area (Å²) in [4.78, 5) is 2.47. The Hall–Kier alpha value is -0.120. The fourth-order valence-corrected chi connectivity index (χ4v) is 1.92. The van der Waals surface area contributed by atoms with Crippen LogP contribution in [0.1, 0.15) is 40.5 Å². The van der Waals surface area contributed by atoms with Gasteiger partial charge in [0.2, 0.25) is 0 Å². The summed E-state index contributed by atoms with van der Waals surface area (Å²) in [5, 5.41) is 12.6. The van der Waals surface area contributed by atoms with Crippen LogP contribution in [0.25, 0.3) is 0 Å². The highest BCUT2D eigenvalue weighted by atomic mass is 16.3. The number of rotatable bonds is 10. The minimum atomic E-state index is 0.278. The molecule has 0 spiro atoms. The third-order valence-electron chi connectivity index (χ3n) is 2.71. The molecule has 3 heteroatoms. The smallest absolute Gasteiger partial charge is 0.0446 e. The predicted molar refractivity (Wildman–Crippen MR) is 70.7 cm³/mol. The van der Waals surface area contributed by atoms with E-state index in [9.17, 15) is 0 Å². The zero-order valence-electron chi connectivity index (χ0n) is 11.5. The fraction of sp³-hybridized carbons (Fsp3) is 1.00. The average molecular weight is 230 g/mol. The lowest BCUT2D eigenvalue weighted by Crippen LogP contribution is -2.43. The Bertz CT molecular complexity index is 151. The molecule has 3 nitrogen and oxygen atoms in total. The van der Waals surface area contributed by atoms with Crippen LogP contribution in [0, 0.1) is 5.92 Å². The van der Waals surface area contributed by atoms with Gasteiger partial charge in [0.1, 0.15) is 0 Å². The van der Waals surface area contributed by atoms with Crippen LogP contribution in [0.15, 0.2) is 0 Å². The molecule has 0 aliphatic rings. The van der Waals surface area contributed by atoms with Crippen molar-refractivity contribution in [2.45, 2.75) is 46.6 Å². The van der Waals surface area contributed by atoms with E-state index in [-0.39, 0.29) is 6.61 Å². The first-order chi connectivity index (χ1) is 7.63. The van der Waals surface area contributed by atoms with Crippen LogP contribution >= 0.6 is 0 Å². The first-order valence-corrected chi connectivity index (χ1v) is 6.70. The van der Waals surface area contributed by atoms with Gasteiger partial charge >= 0.3 is 0 Å². The second kappa shape index (κ2) is 10.1. The van der Waals surface area contributed by atoms with E-state index < -0.39 is 0 Å². The Morgan fingerprint density at radius 1 is 1.19 bits per heavy atom. The van der Waals surface area contributed by atoms with Crippen LogP contribution < -0.4 is 5.32 Å². The predicted octanol–water partition coefficient (Wildman–Crippen LogP) is 1.71. The minimum Gasteiger partial charge on any atom is -0.396 e. The summed E-state index contributed by atoms with van der Waals surface area (Å²) in [7, 11) is 0. The van der Waals surface area contributed by atoms with E-state index >= 15 is 0 Å². The maximum atomic E-state index is 9.04. The second-order valence-electron chi connectivity index (χ2n) is 4.91. The van der Waals surface area contributed by atoms with Crippen molar-refractivity contribution in [2.24, 2.45) is 5.92 Å². The molecular weight excluding hydrogens is 200 g/mol. The van der Waals surface area contributed by atoms with Gasteiger partial charge in [-0.2, -0.15) is 0 Å². The van der Waals surface area contributed by atoms with Gasteiger partial charge in [-0.05, 0) is 31.8 Å². The van der Waals surface area contributed by atoms with E-state index in [0.717, 1.165) is 39.0 Å². The average Bonchev–Trinajstić information content (AvgIpc) is 2.24. The second-order valence-corrected chi connectivity index (χ2v) is 4.91. The molecule has 0 rings (SSSR count). The highest BCUT2D eigenvalue weighted by Crippen LogP contribution is 2.02. The molecule has 0 radical (unpaired) electrons. The van der Waals surface area contributed by atoms with Gasteiger partial charge in [-0.15, -0.1) is 0 Å². The first-order valence-electron chi connectivity index (χ1n) is 6.70. The van der Waals surface area contributed by atoms with Crippen molar-refractivity contribution < 1.29 is 5.11 Å². The monoisotopic (exact) mass is 230 g/mol. The lowest BCUT2D eigenvalue weighted by atomic mass is 10.1. The van der Waals surface area contributed by atoms with E-state index in [0.29, 0.717) is 12.0 Å². The Labute approximate surface area is 101 Å². The first kappa shape index (κ1) is 15.9. The molecule has 0 aromatic rings. The summed E-state index contributed by atoms with van der Waals surface area (Å²) in [6, 6.07) is 0.434. The van der Waals surface area contributed by atoms with Crippen molar-refractivity contribution in [3.63, 3.8) is 0 Å². The van der Waals surface area contributed by atoms with Crippen molar-refractivity contribution in [3.05, 3.63) is 0 Å². The lowest BCUT2D eigenvalue weighted by Gasteiger charge is -2.28. The van der Waals surface area contributed by atoms with Crippen molar-refractivity contribution >= 4 is 0 Å². The molecule has 0 aromatic heterocycles. The summed E-state index contributed by atoms with van der Waals surface area (Å²) in [6.45, 7) is 13.5. The number of aliphatic hydroxyl groups is 1. The molecule has 2 N–H and O–H groups in total. The van der Waals surface area contributed by atoms with E-state index in [4.69, 9.17) is 5.11 Å². The van der Waals surface area contributed by atoms with E-state index in [1.54, 1.807) is 0 Å². The lowest BCUT2D eigenvalue weighted by molar-refractivity contribution is 0.200. The largest absolute Gasteiger partial charge is 0.396 e. The van der Waals surface area contributed by atoms with E-state index in [1.807, 2.05) is 0 Å². The molecule has 0 saturated carbocycles. The SMILES string of the molecule is CCCNC(CCO)CN(CC)CC(C)C. The summed E-state index contributed by atoms with van der Waals surface area (Å²) < 4.78 is 0. The normalized spacial score (nSPS) is 13.7. The Kier molecular flexibility index (Phi) is 9.99. The summed E-state index contributed by atoms with van der Waals surface area (Å²) >= 11 is 0.